The normalized spacial score (nSPS) is 10.6. The molecule has 112 valence electrons. The fraction of sp³-hybridized carbons (Fsp3) is 0.118. The Bertz CT molecular complexity index is 740. The maximum Gasteiger partial charge on any atom is 0.138 e. The molecule has 0 aliphatic carbocycles. The van der Waals surface area contributed by atoms with Crippen LogP contribution in [0.15, 0.2) is 60.9 Å². The number of hydrogen-bond donors (Lipinski definition) is 0. The van der Waals surface area contributed by atoms with E-state index in [1.54, 1.807) is 6.20 Å². The smallest absolute Gasteiger partial charge is 0.138 e. The van der Waals surface area contributed by atoms with Crippen molar-refractivity contribution in [1.29, 1.82) is 0 Å². The number of halogens is 2. The standard InChI is InChI=1S/C17H14Cl2N2O/c18-15-5-2-13(3-6-15)12-22-17-7-4-14(10-16(17)19)11-21-9-1-8-20-21/h1-10H,11-12H2. The van der Waals surface area contributed by atoms with Crippen LogP contribution in [-0.2, 0) is 13.2 Å². The lowest BCUT2D eigenvalue weighted by atomic mass is 10.2. The average molecular weight is 333 g/mol. The van der Waals surface area contributed by atoms with Gasteiger partial charge in [0.05, 0.1) is 11.6 Å². The van der Waals surface area contributed by atoms with Crippen molar-refractivity contribution in [2.75, 3.05) is 0 Å². The molecule has 0 N–H and O–H groups in total. The van der Waals surface area contributed by atoms with E-state index in [0.717, 1.165) is 11.1 Å². The third-order valence-electron chi connectivity index (χ3n) is 3.21. The Hall–Kier alpha value is -1.97. The first kappa shape index (κ1) is 14.9. The van der Waals surface area contributed by atoms with Gasteiger partial charge in [-0.05, 0) is 41.5 Å². The minimum atomic E-state index is 0.454. The Labute approximate surface area is 139 Å². The van der Waals surface area contributed by atoms with Crippen LogP contribution in [0.25, 0.3) is 0 Å². The zero-order valence-corrected chi connectivity index (χ0v) is 13.3. The van der Waals surface area contributed by atoms with Crippen molar-refractivity contribution in [1.82, 2.24) is 9.78 Å². The number of hydrogen-bond acceptors (Lipinski definition) is 2. The number of aromatic nitrogens is 2. The van der Waals surface area contributed by atoms with Crippen LogP contribution in [0.3, 0.4) is 0 Å². The molecule has 0 saturated carbocycles. The summed E-state index contributed by atoms with van der Waals surface area (Å²) in [5.74, 6) is 0.667. The molecule has 22 heavy (non-hydrogen) atoms. The predicted molar refractivity (Wildman–Crippen MR) is 88.6 cm³/mol. The van der Waals surface area contributed by atoms with Crippen LogP contribution in [0.2, 0.25) is 10.0 Å². The number of rotatable bonds is 5. The third kappa shape index (κ3) is 3.81. The van der Waals surface area contributed by atoms with Crippen LogP contribution in [-0.4, -0.2) is 9.78 Å². The SMILES string of the molecule is Clc1ccc(COc2ccc(Cn3cccn3)cc2Cl)cc1. The molecular weight excluding hydrogens is 319 g/mol. The van der Waals surface area contributed by atoms with Crippen molar-refractivity contribution >= 4 is 23.2 Å². The van der Waals surface area contributed by atoms with Gasteiger partial charge in [0.15, 0.2) is 0 Å². The molecule has 0 amide bonds. The first-order chi connectivity index (χ1) is 10.7. The number of benzene rings is 2. The number of ether oxygens (including phenoxy) is 1. The molecule has 0 fully saturated rings. The summed E-state index contributed by atoms with van der Waals surface area (Å²) >= 11 is 12.1. The Kier molecular flexibility index (Phi) is 4.66. The maximum atomic E-state index is 6.29. The fourth-order valence-corrected chi connectivity index (χ4v) is 2.47. The average Bonchev–Trinajstić information content (AvgIpc) is 3.01. The highest BCUT2D eigenvalue weighted by Gasteiger charge is 2.05. The molecule has 3 rings (SSSR count). The summed E-state index contributed by atoms with van der Waals surface area (Å²) in [6.45, 7) is 1.14. The second-order valence-electron chi connectivity index (χ2n) is 4.88. The highest BCUT2D eigenvalue weighted by atomic mass is 35.5. The van der Waals surface area contributed by atoms with Gasteiger partial charge in [0.25, 0.3) is 0 Å². The largest absolute Gasteiger partial charge is 0.487 e. The molecule has 5 heteroatoms. The zero-order chi connectivity index (χ0) is 15.4. The lowest BCUT2D eigenvalue weighted by Crippen LogP contribution is -2.00. The van der Waals surface area contributed by atoms with Gasteiger partial charge in [0.2, 0.25) is 0 Å². The third-order valence-corrected chi connectivity index (χ3v) is 3.75. The van der Waals surface area contributed by atoms with Crippen LogP contribution in [0.1, 0.15) is 11.1 Å². The molecule has 0 bridgehead atoms. The molecule has 0 aliphatic heterocycles. The van der Waals surface area contributed by atoms with Gasteiger partial charge in [0.1, 0.15) is 12.4 Å². The Morgan fingerprint density at radius 3 is 2.45 bits per heavy atom. The van der Waals surface area contributed by atoms with Gasteiger partial charge < -0.3 is 4.74 Å². The zero-order valence-electron chi connectivity index (χ0n) is 11.7. The first-order valence-corrected chi connectivity index (χ1v) is 7.59. The molecule has 2 aromatic carbocycles. The summed E-state index contributed by atoms with van der Waals surface area (Å²) in [4.78, 5) is 0. The van der Waals surface area contributed by atoms with E-state index in [9.17, 15) is 0 Å². The van der Waals surface area contributed by atoms with E-state index < -0.39 is 0 Å². The van der Waals surface area contributed by atoms with Crippen molar-refractivity contribution in [3.63, 3.8) is 0 Å². The van der Waals surface area contributed by atoms with Gasteiger partial charge in [-0.1, -0.05) is 41.4 Å². The quantitative estimate of drug-likeness (QED) is 0.669. The van der Waals surface area contributed by atoms with Crippen molar-refractivity contribution in [2.45, 2.75) is 13.2 Å². The van der Waals surface area contributed by atoms with Gasteiger partial charge >= 0.3 is 0 Å². The van der Waals surface area contributed by atoms with Crippen molar-refractivity contribution in [3.8, 4) is 5.75 Å². The summed E-state index contributed by atoms with van der Waals surface area (Å²) in [6, 6.07) is 15.2. The van der Waals surface area contributed by atoms with Gasteiger partial charge in [-0.15, -0.1) is 0 Å². The molecule has 0 atom stereocenters. The van der Waals surface area contributed by atoms with Crippen LogP contribution in [0.4, 0.5) is 0 Å². The predicted octanol–water partition coefficient (Wildman–Crippen LogP) is 4.82. The molecule has 0 spiro atoms. The van der Waals surface area contributed by atoms with E-state index in [-0.39, 0.29) is 0 Å². The minimum absolute atomic E-state index is 0.454. The monoisotopic (exact) mass is 332 g/mol. The highest BCUT2D eigenvalue weighted by molar-refractivity contribution is 6.32. The molecular formula is C17H14Cl2N2O. The number of nitrogens with zero attached hydrogens (tertiary/aromatic N) is 2. The molecule has 1 heterocycles. The molecule has 0 saturated heterocycles. The van der Waals surface area contributed by atoms with E-state index in [1.807, 2.05) is 59.4 Å². The van der Waals surface area contributed by atoms with E-state index in [1.165, 1.54) is 0 Å². The second-order valence-corrected chi connectivity index (χ2v) is 5.73. The fourth-order valence-electron chi connectivity index (χ4n) is 2.08. The molecule has 0 aliphatic rings. The van der Waals surface area contributed by atoms with Gasteiger partial charge in [0, 0.05) is 17.4 Å². The summed E-state index contributed by atoms with van der Waals surface area (Å²) in [5, 5.41) is 5.49. The van der Waals surface area contributed by atoms with Crippen molar-refractivity contribution in [2.24, 2.45) is 0 Å². The Morgan fingerprint density at radius 1 is 1.00 bits per heavy atom. The molecule has 3 nitrogen and oxygen atoms in total. The van der Waals surface area contributed by atoms with E-state index in [0.29, 0.717) is 28.9 Å². The first-order valence-electron chi connectivity index (χ1n) is 6.84. The van der Waals surface area contributed by atoms with E-state index in [4.69, 9.17) is 27.9 Å². The van der Waals surface area contributed by atoms with Gasteiger partial charge in [-0.3, -0.25) is 4.68 Å². The van der Waals surface area contributed by atoms with E-state index >= 15 is 0 Å². The Balaban J connectivity index is 1.65. The van der Waals surface area contributed by atoms with Gasteiger partial charge in [-0.25, -0.2) is 0 Å². The van der Waals surface area contributed by atoms with Crippen molar-refractivity contribution < 1.29 is 4.74 Å². The maximum absolute atomic E-state index is 6.29. The van der Waals surface area contributed by atoms with Crippen LogP contribution in [0, 0.1) is 0 Å². The molecule has 3 aromatic rings. The Morgan fingerprint density at radius 2 is 1.77 bits per heavy atom. The summed E-state index contributed by atoms with van der Waals surface area (Å²) in [7, 11) is 0. The minimum Gasteiger partial charge on any atom is -0.487 e. The second kappa shape index (κ2) is 6.86. The summed E-state index contributed by atoms with van der Waals surface area (Å²) in [6.07, 6.45) is 3.67. The molecule has 1 aromatic heterocycles. The molecule has 0 radical (unpaired) electrons. The summed E-state index contributed by atoms with van der Waals surface area (Å²) in [5.41, 5.74) is 2.12. The molecule has 0 unspecified atom stereocenters. The van der Waals surface area contributed by atoms with E-state index in [2.05, 4.69) is 5.10 Å². The highest BCUT2D eigenvalue weighted by Crippen LogP contribution is 2.26. The van der Waals surface area contributed by atoms with Gasteiger partial charge in [-0.2, -0.15) is 5.10 Å². The lowest BCUT2D eigenvalue weighted by Gasteiger charge is -2.10. The summed E-state index contributed by atoms with van der Waals surface area (Å²) < 4.78 is 7.60. The van der Waals surface area contributed by atoms with Crippen molar-refractivity contribution in [3.05, 3.63) is 82.1 Å². The topological polar surface area (TPSA) is 27.1 Å². The van der Waals surface area contributed by atoms with Crippen LogP contribution < -0.4 is 4.74 Å². The van der Waals surface area contributed by atoms with Crippen LogP contribution >= 0.6 is 23.2 Å². The van der Waals surface area contributed by atoms with Crippen LogP contribution in [0.5, 0.6) is 5.75 Å². The lowest BCUT2D eigenvalue weighted by molar-refractivity contribution is 0.306.